The smallest absolute Gasteiger partial charge is 0.143 e. The fourth-order valence-electron chi connectivity index (χ4n) is 2.43. The van der Waals surface area contributed by atoms with Crippen molar-refractivity contribution in [1.29, 1.82) is 0 Å². The summed E-state index contributed by atoms with van der Waals surface area (Å²) in [6.07, 6.45) is 5.91. The standard InChI is InChI=1S/C14H20FN3/c1-10-7-8-11(15)9-13(10)14(18-16)17-12-5-3-2-4-6-12/h7-9,12H,2-6,16H2,1H3,(H,17,18). The number of benzene rings is 1. The molecule has 0 atom stereocenters. The number of hydrogen-bond donors (Lipinski definition) is 2. The molecule has 0 aromatic heterocycles. The Labute approximate surface area is 107 Å². The van der Waals surface area contributed by atoms with Crippen LogP contribution in [0.15, 0.2) is 23.2 Å². The van der Waals surface area contributed by atoms with Gasteiger partial charge in [0.05, 0.1) is 6.04 Å². The molecule has 0 unspecified atom stereocenters. The van der Waals surface area contributed by atoms with Gasteiger partial charge in [-0.3, -0.25) is 4.99 Å². The molecule has 3 N–H and O–H groups in total. The molecule has 0 heterocycles. The van der Waals surface area contributed by atoms with Crippen LogP contribution in [0.25, 0.3) is 0 Å². The van der Waals surface area contributed by atoms with E-state index in [-0.39, 0.29) is 5.82 Å². The van der Waals surface area contributed by atoms with Crippen LogP contribution in [0.3, 0.4) is 0 Å². The van der Waals surface area contributed by atoms with Gasteiger partial charge in [-0.25, -0.2) is 10.2 Å². The summed E-state index contributed by atoms with van der Waals surface area (Å²) in [6.45, 7) is 1.93. The van der Waals surface area contributed by atoms with Crippen molar-refractivity contribution in [1.82, 2.24) is 5.43 Å². The fraction of sp³-hybridized carbons (Fsp3) is 0.500. The number of amidine groups is 1. The lowest BCUT2D eigenvalue weighted by molar-refractivity contribution is 0.442. The Balaban J connectivity index is 2.26. The summed E-state index contributed by atoms with van der Waals surface area (Å²) >= 11 is 0. The molecule has 1 aliphatic carbocycles. The Morgan fingerprint density at radius 2 is 2.06 bits per heavy atom. The van der Waals surface area contributed by atoms with Crippen LogP contribution in [0, 0.1) is 12.7 Å². The molecule has 4 heteroatoms. The van der Waals surface area contributed by atoms with Gasteiger partial charge >= 0.3 is 0 Å². The van der Waals surface area contributed by atoms with Crippen LogP contribution in [0.4, 0.5) is 4.39 Å². The van der Waals surface area contributed by atoms with Gasteiger partial charge in [-0.05, 0) is 37.5 Å². The van der Waals surface area contributed by atoms with E-state index >= 15 is 0 Å². The number of halogens is 1. The number of aryl methyl sites for hydroxylation is 1. The SMILES string of the molecule is Cc1ccc(F)cc1C(=NC1CCCCC1)NN. The second-order valence-electron chi connectivity index (χ2n) is 4.87. The monoisotopic (exact) mass is 249 g/mol. The van der Waals surface area contributed by atoms with Crippen molar-refractivity contribution in [2.24, 2.45) is 10.8 Å². The third-order valence-electron chi connectivity index (χ3n) is 3.48. The van der Waals surface area contributed by atoms with E-state index in [1.165, 1.54) is 31.4 Å². The molecule has 98 valence electrons. The summed E-state index contributed by atoms with van der Waals surface area (Å²) < 4.78 is 13.3. The third-order valence-corrected chi connectivity index (χ3v) is 3.48. The summed E-state index contributed by atoms with van der Waals surface area (Å²) in [7, 11) is 0. The Morgan fingerprint density at radius 3 is 2.72 bits per heavy atom. The number of nitrogens with one attached hydrogen (secondary N) is 1. The maximum atomic E-state index is 13.3. The minimum Gasteiger partial charge on any atom is -0.308 e. The van der Waals surface area contributed by atoms with Gasteiger partial charge < -0.3 is 5.43 Å². The molecule has 0 spiro atoms. The number of hydrogen-bond acceptors (Lipinski definition) is 2. The van der Waals surface area contributed by atoms with Crippen LogP contribution in [0.2, 0.25) is 0 Å². The molecule has 3 nitrogen and oxygen atoms in total. The highest BCUT2D eigenvalue weighted by atomic mass is 19.1. The summed E-state index contributed by atoms with van der Waals surface area (Å²) in [5.41, 5.74) is 4.35. The van der Waals surface area contributed by atoms with Gasteiger partial charge in [0.1, 0.15) is 11.7 Å². The normalized spacial score (nSPS) is 17.8. The van der Waals surface area contributed by atoms with E-state index in [9.17, 15) is 4.39 Å². The zero-order valence-corrected chi connectivity index (χ0v) is 10.7. The Morgan fingerprint density at radius 1 is 1.33 bits per heavy atom. The first-order valence-electron chi connectivity index (χ1n) is 6.51. The van der Waals surface area contributed by atoms with Gasteiger partial charge in [-0.1, -0.05) is 25.3 Å². The maximum absolute atomic E-state index is 13.3. The highest BCUT2D eigenvalue weighted by molar-refractivity contribution is 5.99. The molecule has 0 amide bonds. The van der Waals surface area contributed by atoms with Gasteiger partial charge in [0.25, 0.3) is 0 Å². The summed E-state index contributed by atoms with van der Waals surface area (Å²) in [5.74, 6) is 5.87. The number of rotatable bonds is 2. The van der Waals surface area contributed by atoms with Crippen LogP contribution in [-0.2, 0) is 0 Å². The van der Waals surface area contributed by atoms with E-state index in [1.807, 2.05) is 6.92 Å². The molecule has 0 saturated heterocycles. The largest absolute Gasteiger partial charge is 0.308 e. The van der Waals surface area contributed by atoms with Crippen LogP contribution >= 0.6 is 0 Å². The topological polar surface area (TPSA) is 50.4 Å². The molecule has 1 aromatic rings. The second-order valence-corrected chi connectivity index (χ2v) is 4.87. The van der Waals surface area contributed by atoms with E-state index in [0.717, 1.165) is 24.0 Å². The average Bonchev–Trinajstić information content (AvgIpc) is 2.40. The van der Waals surface area contributed by atoms with Gasteiger partial charge in [0, 0.05) is 5.56 Å². The molecule has 0 aliphatic heterocycles. The number of nitrogens with two attached hydrogens (primary N) is 1. The van der Waals surface area contributed by atoms with Crippen molar-refractivity contribution < 1.29 is 4.39 Å². The minimum atomic E-state index is -0.262. The average molecular weight is 249 g/mol. The molecule has 0 radical (unpaired) electrons. The maximum Gasteiger partial charge on any atom is 0.143 e. The molecular formula is C14H20FN3. The van der Waals surface area contributed by atoms with Gasteiger partial charge in [-0.2, -0.15) is 0 Å². The van der Waals surface area contributed by atoms with Crippen LogP contribution < -0.4 is 11.3 Å². The highest BCUT2D eigenvalue weighted by Crippen LogP contribution is 2.21. The van der Waals surface area contributed by atoms with E-state index in [0.29, 0.717) is 11.9 Å². The van der Waals surface area contributed by atoms with Crippen LogP contribution in [-0.4, -0.2) is 11.9 Å². The minimum absolute atomic E-state index is 0.262. The number of aliphatic imine (C=N–C) groups is 1. The first kappa shape index (κ1) is 13.0. The van der Waals surface area contributed by atoms with Crippen LogP contribution in [0.5, 0.6) is 0 Å². The highest BCUT2D eigenvalue weighted by Gasteiger charge is 2.14. The first-order valence-corrected chi connectivity index (χ1v) is 6.51. The van der Waals surface area contributed by atoms with E-state index in [1.54, 1.807) is 6.07 Å². The zero-order valence-electron chi connectivity index (χ0n) is 10.7. The Bertz CT molecular complexity index is 437. The first-order chi connectivity index (χ1) is 8.70. The summed E-state index contributed by atoms with van der Waals surface area (Å²) in [5, 5.41) is 0. The summed E-state index contributed by atoms with van der Waals surface area (Å²) in [6, 6.07) is 5.00. The molecule has 1 saturated carbocycles. The predicted octanol–water partition coefficient (Wildman–Crippen LogP) is 2.68. The van der Waals surface area contributed by atoms with E-state index in [4.69, 9.17) is 5.84 Å². The lowest BCUT2D eigenvalue weighted by Gasteiger charge is -2.19. The second kappa shape index (κ2) is 5.96. The van der Waals surface area contributed by atoms with E-state index < -0.39 is 0 Å². The van der Waals surface area contributed by atoms with Crippen molar-refractivity contribution in [3.05, 3.63) is 35.1 Å². The molecular weight excluding hydrogens is 229 g/mol. The van der Waals surface area contributed by atoms with Gasteiger partial charge in [0.2, 0.25) is 0 Å². The Hall–Kier alpha value is -1.42. The lowest BCUT2D eigenvalue weighted by Crippen LogP contribution is -2.33. The van der Waals surface area contributed by atoms with Gasteiger partial charge in [0.15, 0.2) is 0 Å². The van der Waals surface area contributed by atoms with Crippen molar-refractivity contribution >= 4 is 5.84 Å². The molecule has 0 bridgehead atoms. The Kier molecular flexibility index (Phi) is 4.31. The van der Waals surface area contributed by atoms with Crippen molar-refractivity contribution in [2.75, 3.05) is 0 Å². The zero-order chi connectivity index (χ0) is 13.0. The molecule has 18 heavy (non-hydrogen) atoms. The van der Waals surface area contributed by atoms with Crippen molar-refractivity contribution in [3.8, 4) is 0 Å². The molecule has 1 fully saturated rings. The van der Waals surface area contributed by atoms with Gasteiger partial charge in [-0.15, -0.1) is 0 Å². The third kappa shape index (κ3) is 3.07. The summed E-state index contributed by atoms with van der Waals surface area (Å²) in [4.78, 5) is 4.64. The predicted molar refractivity (Wildman–Crippen MR) is 71.9 cm³/mol. The lowest BCUT2D eigenvalue weighted by atomic mass is 9.96. The van der Waals surface area contributed by atoms with Crippen molar-refractivity contribution in [3.63, 3.8) is 0 Å². The fourth-order valence-corrected chi connectivity index (χ4v) is 2.43. The number of nitrogens with zero attached hydrogens (tertiary/aromatic N) is 1. The number of hydrazine groups is 1. The van der Waals surface area contributed by atoms with Crippen LogP contribution in [0.1, 0.15) is 43.2 Å². The van der Waals surface area contributed by atoms with Crippen molar-refractivity contribution in [2.45, 2.75) is 45.1 Å². The quantitative estimate of drug-likeness (QED) is 0.366. The van der Waals surface area contributed by atoms with E-state index in [2.05, 4.69) is 10.4 Å². The molecule has 1 aromatic carbocycles. The molecule has 1 aliphatic rings. The molecule has 2 rings (SSSR count).